The minimum atomic E-state index is 0.467. The third-order valence-electron chi connectivity index (χ3n) is 2.59. The zero-order chi connectivity index (χ0) is 12.3. The lowest BCUT2D eigenvalue weighted by Crippen LogP contribution is -2.14. The minimum Gasteiger partial charge on any atom is -0.319 e. The van der Waals surface area contributed by atoms with Gasteiger partial charge in [0.05, 0.1) is 10.7 Å². The highest BCUT2D eigenvalue weighted by molar-refractivity contribution is 9.10. The predicted molar refractivity (Wildman–Crippen MR) is 77.6 cm³/mol. The first-order valence-electron chi connectivity index (χ1n) is 5.56. The lowest BCUT2D eigenvalue weighted by Gasteiger charge is -2.05. The van der Waals surface area contributed by atoms with Crippen molar-refractivity contribution in [2.75, 3.05) is 13.6 Å². The Morgan fingerprint density at radius 1 is 1.35 bits per heavy atom. The lowest BCUT2D eigenvalue weighted by atomic mass is 10.1. The van der Waals surface area contributed by atoms with Crippen LogP contribution in [0.1, 0.15) is 17.8 Å². The molecule has 0 bridgehead atoms. The number of aromatic nitrogens is 1. The standard InChI is InChI=1S/C13H15BrN2S/c1-9(7-15-2)13-16-12(8-17-13)10-3-5-11(14)6-4-10/h3-6,8-9,15H,7H2,1-2H3. The Bertz CT molecular complexity index is 478. The molecule has 1 atom stereocenters. The molecule has 90 valence electrons. The van der Waals surface area contributed by atoms with Crippen molar-refractivity contribution in [3.8, 4) is 11.3 Å². The quantitative estimate of drug-likeness (QED) is 0.926. The van der Waals surface area contributed by atoms with Crippen LogP contribution in [0.2, 0.25) is 0 Å². The largest absolute Gasteiger partial charge is 0.319 e. The molecule has 0 saturated heterocycles. The molecule has 4 heteroatoms. The highest BCUT2D eigenvalue weighted by Crippen LogP contribution is 2.27. The van der Waals surface area contributed by atoms with Crippen LogP contribution < -0.4 is 5.32 Å². The van der Waals surface area contributed by atoms with Crippen molar-refractivity contribution in [1.82, 2.24) is 10.3 Å². The van der Waals surface area contributed by atoms with E-state index in [2.05, 4.69) is 45.7 Å². The van der Waals surface area contributed by atoms with Gasteiger partial charge in [0.1, 0.15) is 0 Å². The zero-order valence-electron chi connectivity index (χ0n) is 9.90. The monoisotopic (exact) mass is 310 g/mol. The molecular weight excluding hydrogens is 296 g/mol. The van der Waals surface area contributed by atoms with Crippen molar-refractivity contribution in [3.05, 3.63) is 39.1 Å². The molecule has 2 aromatic rings. The van der Waals surface area contributed by atoms with E-state index in [1.165, 1.54) is 10.6 Å². The van der Waals surface area contributed by atoms with Crippen molar-refractivity contribution < 1.29 is 0 Å². The molecule has 0 aliphatic carbocycles. The summed E-state index contributed by atoms with van der Waals surface area (Å²) in [5, 5.41) is 6.50. The second-order valence-electron chi connectivity index (χ2n) is 4.04. The van der Waals surface area contributed by atoms with Gasteiger partial charge in [-0.1, -0.05) is 35.0 Å². The first-order chi connectivity index (χ1) is 8.20. The summed E-state index contributed by atoms with van der Waals surface area (Å²) >= 11 is 5.17. The maximum absolute atomic E-state index is 4.69. The molecule has 0 spiro atoms. The Morgan fingerprint density at radius 2 is 2.06 bits per heavy atom. The van der Waals surface area contributed by atoms with Crippen molar-refractivity contribution in [3.63, 3.8) is 0 Å². The van der Waals surface area contributed by atoms with Gasteiger partial charge >= 0.3 is 0 Å². The van der Waals surface area contributed by atoms with Crippen LogP contribution in [-0.4, -0.2) is 18.6 Å². The molecule has 1 aromatic carbocycles. The second kappa shape index (κ2) is 5.76. The van der Waals surface area contributed by atoms with E-state index < -0.39 is 0 Å². The fourth-order valence-electron chi connectivity index (χ4n) is 1.66. The van der Waals surface area contributed by atoms with Gasteiger partial charge < -0.3 is 5.32 Å². The smallest absolute Gasteiger partial charge is 0.0973 e. The fourth-order valence-corrected chi connectivity index (χ4v) is 2.81. The van der Waals surface area contributed by atoms with E-state index in [-0.39, 0.29) is 0 Å². The summed E-state index contributed by atoms with van der Waals surface area (Å²) in [5.74, 6) is 0.467. The molecule has 1 aromatic heterocycles. The average molecular weight is 311 g/mol. The summed E-state index contributed by atoms with van der Waals surface area (Å²) in [7, 11) is 1.97. The van der Waals surface area contributed by atoms with Crippen LogP contribution in [0.3, 0.4) is 0 Å². The predicted octanol–water partition coefficient (Wildman–Crippen LogP) is 3.90. The van der Waals surface area contributed by atoms with Gasteiger partial charge in [0.2, 0.25) is 0 Å². The first-order valence-corrected chi connectivity index (χ1v) is 7.24. The fraction of sp³-hybridized carbons (Fsp3) is 0.308. The molecule has 1 heterocycles. The highest BCUT2D eigenvalue weighted by Gasteiger charge is 2.10. The number of hydrogen-bond donors (Lipinski definition) is 1. The van der Waals surface area contributed by atoms with Gasteiger partial charge in [-0.05, 0) is 19.2 Å². The average Bonchev–Trinajstić information content (AvgIpc) is 2.80. The Morgan fingerprint density at radius 3 is 2.71 bits per heavy atom. The normalized spacial score (nSPS) is 12.6. The summed E-state index contributed by atoms with van der Waals surface area (Å²) in [6.07, 6.45) is 0. The van der Waals surface area contributed by atoms with Gasteiger partial charge in [-0.15, -0.1) is 11.3 Å². The van der Waals surface area contributed by atoms with E-state index in [1.54, 1.807) is 11.3 Å². The number of halogens is 1. The Balaban J connectivity index is 2.20. The Kier molecular flexibility index (Phi) is 4.31. The van der Waals surface area contributed by atoms with Gasteiger partial charge in [-0.25, -0.2) is 4.98 Å². The first kappa shape index (κ1) is 12.7. The SMILES string of the molecule is CNCC(C)c1nc(-c2ccc(Br)cc2)cs1. The third kappa shape index (κ3) is 3.15. The van der Waals surface area contributed by atoms with Crippen molar-refractivity contribution in [2.45, 2.75) is 12.8 Å². The molecule has 2 nitrogen and oxygen atoms in total. The summed E-state index contributed by atoms with van der Waals surface area (Å²) in [6, 6.07) is 8.27. The van der Waals surface area contributed by atoms with E-state index in [9.17, 15) is 0 Å². The number of hydrogen-bond acceptors (Lipinski definition) is 3. The van der Waals surface area contributed by atoms with Gasteiger partial charge in [-0.2, -0.15) is 0 Å². The second-order valence-corrected chi connectivity index (χ2v) is 5.84. The summed E-state index contributed by atoms with van der Waals surface area (Å²) < 4.78 is 1.10. The molecule has 2 rings (SSSR count). The number of nitrogens with one attached hydrogen (secondary N) is 1. The van der Waals surface area contributed by atoms with Crippen molar-refractivity contribution in [2.24, 2.45) is 0 Å². The van der Waals surface area contributed by atoms with Crippen LogP contribution in [0.25, 0.3) is 11.3 Å². The number of thiazole rings is 1. The molecule has 1 unspecified atom stereocenters. The third-order valence-corrected chi connectivity index (χ3v) is 4.20. The number of rotatable bonds is 4. The van der Waals surface area contributed by atoms with Crippen LogP contribution in [0.4, 0.5) is 0 Å². The summed E-state index contributed by atoms with van der Waals surface area (Å²) in [5.41, 5.74) is 2.24. The van der Waals surface area contributed by atoms with E-state index >= 15 is 0 Å². The molecule has 0 fully saturated rings. The number of likely N-dealkylation sites (N-methyl/N-ethyl adjacent to an activating group) is 1. The van der Waals surface area contributed by atoms with Gasteiger partial charge in [-0.3, -0.25) is 0 Å². The molecule has 0 amide bonds. The molecule has 17 heavy (non-hydrogen) atoms. The van der Waals surface area contributed by atoms with Crippen molar-refractivity contribution >= 4 is 27.3 Å². The summed E-state index contributed by atoms with van der Waals surface area (Å²) in [6.45, 7) is 3.16. The molecular formula is C13H15BrN2S. The van der Waals surface area contributed by atoms with E-state index in [0.717, 1.165) is 16.7 Å². The van der Waals surface area contributed by atoms with Crippen LogP contribution in [0.5, 0.6) is 0 Å². The van der Waals surface area contributed by atoms with Crippen LogP contribution in [0, 0.1) is 0 Å². The maximum atomic E-state index is 4.69. The molecule has 0 aliphatic heterocycles. The molecule has 0 saturated carbocycles. The van der Waals surface area contributed by atoms with Crippen molar-refractivity contribution in [1.29, 1.82) is 0 Å². The highest BCUT2D eigenvalue weighted by atomic mass is 79.9. The minimum absolute atomic E-state index is 0.467. The Hall–Kier alpha value is -0.710. The zero-order valence-corrected chi connectivity index (χ0v) is 12.3. The van der Waals surface area contributed by atoms with Crippen LogP contribution in [0.15, 0.2) is 34.1 Å². The Labute approximate surface area is 114 Å². The van der Waals surface area contributed by atoms with Gasteiger partial charge in [0.25, 0.3) is 0 Å². The van der Waals surface area contributed by atoms with Crippen LogP contribution in [-0.2, 0) is 0 Å². The topological polar surface area (TPSA) is 24.9 Å². The number of benzene rings is 1. The summed E-state index contributed by atoms with van der Waals surface area (Å²) in [4.78, 5) is 4.69. The molecule has 1 N–H and O–H groups in total. The van der Waals surface area contributed by atoms with E-state index in [0.29, 0.717) is 5.92 Å². The van der Waals surface area contributed by atoms with E-state index in [1.807, 2.05) is 19.2 Å². The van der Waals surface area contributed by atoms with E-state index in [4.69, 9.17) is 4.98 Å². The van der Waals surface area contributed by atoms with Gasteiger partial charge in [0.15, 0.2) is 0 Å². The molecule has 0 aliphatic rings. The lowest BCUT2D eigenvalue weighted by molar-refractivity contribution is 0.674. The maximum Gasteiger partial charge on any atom is 0.0973 e. The number of nitrogens with zero attached hydrogens (tertiary/aromatic N) is 1. The molecule has 0 radical (unpaired) electrons. The van der Waals surface area contributed by atoms with Gasteiger partial charge in [0, 0.05) is 27.9 Å². The van der Waals surface area contributed by atoms with Crippen LogP contribution >= 0.6 is 27.3 Å².